The summed E-state index contributed by atoms with van der Waals surface area (Å²) in [6, 6.07) is 0. The first-order valence-electron chi connectivity index (χ1n) is 4.25. The Kier molecular flexibility index (Phi) is 5.15. The van der Waals surface area contributed by atoms with Gasteiger partial charge in [0.1, 0.15) is 12.4 Å². The monoisotopic (exact) mass is 205 g/mol. The molecule has 0 aliphatic rings. The van der Waals surface area contributed by atoms with Crippen molar-refractivity contribution in [3.8, 4) is 0 Å². The average molecular weight is 205 g/mol. The highest BCUT2D eigenvalue weighted by Crippen LogP contribution is 1.99. The molecule has 1 amide bonds. The fourth-order valence-corrected chi connectivity index (χ4v) is 0.615. The first-order valence-corrected chi connectivity index (χ1v) is 4.25. The van der Waals surface area contributed by atoms with Crippen molar-refractivity contribution < 1.29 is 19.0 Å². The topological polar surface area (TPSA) is 58.6 Å². The molecule has 0 bridgehead atoms. The molecule has 5 heteroatoms. The average Bonchev–Trinajstić information content (AvgIpc) is 2.00. The summed E-state index contributed by atoms with van der Waals surface area (Å²) in [6.07, 6.45) is 0.391. The predicted octanol–water partition coefficient (Wildman–Crippen LogP) is 1.36. The summed E-state index contributed by atoms with van der Waals surface area (Å²) in [5, 5.41) is 10.8. The van der Waals surface area contributed by atoms with E-state index in [4.69, 9.17) is 5.11 Å². The number of aliphatic hydroxyl groups is 1. The van der Waals surface area contributed by atoms with Crippen LogP contribution in [0.1, 0.15) is 20.8 Å². The first kappa shape index (κ1) is 12.9. The van der Waals surface area contributed by atoms with Crippen LogP contribution in [0.5, 0.6) is 0 Å². The quantitative estimate of drug-likeness (QED) is 0.731. The van der Waals surface area contributed by atoms with Crippen LogP contribution in [0.4, 0.5) is 9.18 Å². The zero-order valence-electron chi connectivity index (χ0n) is 8.63. The summed E-state index contributed by atoms with van der Waals surface area (Å²) in [5.74, 6) is -0.714. The minimum atomic E-state index is -0.714. The van der Waals surface area contributed by atoms with Gasteiger partial charge in [-0.1, -0.05) is 0 Å². The Morgan fingerprint density at radius 1 is 1.57 bits per heavy atom. The molecule has 2 N–H and O–H groups in total. The van der Waals surface area contributed by atoms with E-state index in [1.807, 2.05) is 0 Å². The van der Waals surface area contributed by atoms with Crippen molar-refractivity contribution in [1.29, 1.82) is 0 Å². The van der Waals surface area contributed by atoms with Crippen molar-refractivity contribution in [2.45, 2.75) is 26.3 Å². The van der Waals surface area contributed by atoms with Crippen molar-refractivity contribution in [2.24, 2.45) is 0 Å². The van der Waals surface area contributed by atoms with Crippen molar-refractivity contribution >= 4 is 6.09 Å². The molecular weight excluding hydrogens is 189 g/mol. The third-order valence-electron chi connectivity index (χ3n) is 1.15. The molecule has 0 radical (unpaired) electrons. The van der Waals surface area contributed by atoms with Crippen LogP contribution < -0.4 is 5.32 Å². The van der Waals surface area contributed by atoms with E-state index in [0.29, 0.717) is 0 Å². The molecule has 0 rings (SSSR count). The highest BCUT2D eigenvalue weighted by Gasteiger charge is 2.13. The predicted molar refractivity (Wildman–Crippen MR) is 50.5 cm³/mol. The molecule has 4 nitrogen and oxygen atoms in total. The molecule has 0 atom stereocenters. The Morgan fingerprint density at radius 3 is 2.57 bits per heavy atom. The van der Waals surface area contributed by atoms with Gasteiger partial charge in [0.2, 0.25) is 0 Å². The van der Waals surface area contributed by atoms with Gasteiger partial charge in [-0.2, -0.15) is 0 Å². The van der Waals surface area contributed by atoms with Gasteiger partial charge in [0.15, 0.2) is 0 Å². The molecule has 0 saturated carbocycles. The second kappa shape index (κ2) is 5.59. The van der Waals surface area contributed by atoms with Crippen LogP contribution in [-0.2, 0) is 4.74 Å². The lowest BCUT2D eigenvalue weighted by atomic mass is 10.1. The third-order valence-corrected chi connectivity index (χ3v) is 1.15. The minimum Gasteiger partial charge on any atom is -0.445 e. The standard InChI is InChI=1S/C9H16FNO3/c1-9(2,3)11-8(13)14-5-4-7(10)6-12/h4,12H,5-6H2,1-3H3,(H,11,13). The van der Waals surface area contributed by atoms with Crippen molar-refractivity contribution in [1.82, 2.24) is 5.32 Å². The number of nitrogens with one attached hydrogen (secondary N) is 1. The molecule has 0 heterocycles. The zero-order valence-corrected chi connectivity index (χ0v) is 8.63. The molecular formula is C9H16FNO3. The smallest absolute Gasteiger partial charge is 0.407 e. The first-order chi connectivity index (χ1) is 6.35. The van der Waals surface area contributed by atoms with Gasteiger partial charge in [-0.15, -0.1) is 0 Å². The maximum atomic E-state index is 12.3. The molecule has 14 heavy (non-hydrogen) atoms. The van der Waals surface area contributed by atoms with Crippen LogP contribution in [0.25, 0.3) is 0 Å². The van der Waals surface area contributed by atoms with Gasteiger partial charge < -0.3 is 15.2 Å². The number of carbonyl (C=O) groups excluding carboxylic acids is 1. The van der Waals surface area contributed by atoms with E-state index in [1.54, 1.807) is 20.8 Å². The van der Waals surface area contributed by atoms with Gasteiger partial charge in [-0.3, -0.25) is 0 Å². The number of rotatable bonds is 3. The maximum Gasteiger partial charge on any atom is 0.407 e. The highest BCUT2D eigenvalue weighted by atomic mass is 19.1. The molecule has 0 unspecified atom stereocenters. The van der Waals surface area contributed by atoms with Crippen molar-refractivity contribution in [3.05, 3.63) is 11.9 Å². The SMILES string of the molecule is CC(C)(C)NC(=O)OCC=C(F)CO. The Labute approximate surface area is 82.8 Å². The van der Waals surface area contributed by atoms with Crippen LogP contribution in [0, 0.1) is 0 Å². The summed E-state index contributed by atoms with van der Waals surface area (Å²) >= 11 is 0. The second-order valence-electron chi connectivity index (χ2n) is 3.78. The number of ether oxygens (including phenoxy) is 1. The van der Waals surface area contributed by atoms with Gasteiger partial charge in [0.05, 0.1) is 6.61 Å². The fraction of sp³-hybridized carbons (Fsp3) is 0.667. The van der Waals surface area contributed by atoms with E-state index in [-0.39, 0.29) is 12.1 Å². The van der Waals surface area contributed by atoms with E-state index in [9.17, 15) is 9.18 Å². The number of carbonyl (C=O) groups is 1. The molecule has 0 aliphatic heterocycles. The summed E-state index contributed by atoms with van der Waals surface area (Å²) in [6.45, 7) is 4.55. The Hall–Kier alpha value is -1.10. The molecule has 0 aromatic carbocycles. The second-order valence-corrected chi connectivity index (χ2v) is 3.78. The van der Waals surface area contributed by atoms with Crippen LogP contribution in [0.3, 0.4) is 0 Å². The molecule has 0 aromatic rings. The number of aliphatic hydroxyl groups excluding tert-OH is 1. The Balaban J connectivity index is 3.76. The number of hydrogen-bond donors (Lipinski definition) is 2. The van der Waals surface area contributed by atoms with Crippen LogP contribution in [0.15, 0.2) is 11.9 Å². The molecule has 0 aromatic heterocycles. The van der Waals surface area contributed by atoms with Gasteiger partial charge in [-0.05, 0) is 26.8 Å². The van der Waals surface area contributed by atoms with Gasteiger partial charge in [-0.25, -0.2) is 9.18 Å². The molecule has 82 valence electrons. The Morgan fingerprint density at radius 2 is 2.14 bits per heavy atom. The molecule has 0 fully saturated rings. The fourth-order valence-electron chi connectivity index (χ4n) is 0.615. The van der Waals surface area contributed by atoms with Crippen molar-refractivity contribution in [3.63, 3.8) is 0 Å². The van der Waals surface area contributed by atoms with Gasteiger partial charge >= 0.3 is 6.09 Å². The van der Waals surface area contributed by atoms with Crippen LogP contribution in [-0.4, -0.2) is 30.0 Å². The summed E-state index contributed by atoms with van der Waals surface area (Å²) in [5.41, 5.74) is -0.379. The molecule has 0 spiro atoms. The molecule has 0 saturated heterocycles. The summed E-state index contributed by atoms with van der Waals surface area (Å²) in [4.78, 5) is 11.0. The number of hydrogen-bond acceptors (Lipinski definition) is 3. The van der Waals surface area contributed by atoms with E-state index in [2.05, 4.69) is 10.1 Å². The molecule has 0 aliphatic carbocycles. The number of alkyl carbamates (subject to hydrolysis) is 1. The lowest BCUT2D eigenvalue weighted by molar-refractivity contribution is 0.148. The van der Waals surface area contributed by atoms with Crippen LogP contribution in [0.2, 0.25) is 0 Å². The third kappa shape index (κ3) is 7.54. The Bertz CT molecular complexity index is 221. The number of amides is 1. The largest absolute Gasteiger partial charge is 0.445 e. The van der Waals surface area contributed by atoms with Gasteiger partial charge in [0, 0.05) is 5.54 Å². The summed E-state index contributed by atoms with van der Waals surface area (Å²) in [7, 11) is 0. The highest BCUT2D eigenvalue weighted by molar-refractivity contribution is 5.68. The van der Waals surface area contributed by atoms with Crippen LogP contribution >= 0.6 is 0 Å². The summed E-state index contributed by atoms with van der Waals surface area (Å²) < 4.78 is 16.9. The minimum absolute atomic E-state index is 0.186. The van der Waals surface area contributed by atoms with E-state index in [0.717, 1.165) is 6.08 Å². The lowest BCUT2D eigenvalue weighted by Crippen LogP contribution is -2.40. The maximum absolute atomic E-state index is 12.3. The van der Waals surface area contributed by atoms with E-state index in [1.165, 1.54) is 0 Å². The van der Waals surface area contributed by atoms with Gasteiger partial charge in [0.25, 0.3) is 0 Å². The normalized spacial score (nSPS) is 12.5. The van der Waals surface area contributed by atoms with Crippen molar-refractivity contribution in [2.75, 3.05) is 13.2 Å². The van der Waals surface area contributed by atoms with E-state index < -0.39 is 18.5 Å². The lowest BCUT2D eigenvalue weighted by Gasteiger charge is -2.19. The zero-order chi connectivity index (χ0) is 11.2. The van der Waals surface area contributed by atoms with E-state index >= 15 is 0 Å². The number of halogens is 1.